The molecule has 1 aliphatic heterocycles. The Morgan fingerprint density at radius 2 is 1.56 bits per heavy atom. The molecule has 2 atom stereocenters. The first-order valence-corrected chi connectivity index (χ1v) is 5.72. The molecule has 1 fully saturated rings. The third kappa shape index (κ3) is 4.00. The lowest BCUT2D eigenvalue weighted by molar-refractivity contribution is -0.176. The zero-order valence-electron chi connectivity index (χ0n) is 10.7. The quantitative estimate of drug-likeness (QED) is 0.560. The number of rotatable bonds is 4. The number of esters is 2. The van der Waals surface area contributed by atoms with Crippen molar-refractivity contribution in [1.29, 1.82) is 0 Å². The Labute approximate surface area is 106 Å². The third-order valence-corrected chi connectivity index (χ3v) is 2.46. The summed E-state index contributed by atoms with van der Waals surface area (Å²) in [6.07, 6.45) is -0.592. The molecule has 1 aliphatic rings. The van der Waals surface area contributed by atoms with Crippen LogP contribution in [0.3, 0.4) is 0 Å². The molecule has 0 aromatic carbocycles. The van der Waals surface area contributed by atoms with E-state index in [0.29, 0.717) is 24.2 Å². The van der Waals surface area contributed by atoms with E-state index in [1.54, 1.807) is 13.8 Å². The highest BCUT2D eigenvalue weighted by Crippen LogP contribution is 2.17. The van der Waals surface area contributed by atoms with E-state index in [1.807, 2.05) is 0 Å². The maximum atomic E-state index is 11.5. The molecular weight excluding hydrogens is 236 g/mol. The monoisotopic (exact) mass is 254 g/mol. The Bertz CT molecular complexity index is 336. The molecule has 0 aromatic heterocycles. The van der Waals surface area contributed by atoms with Crippen molar-refractivity contribution in [2.24, 2.45) is 0 Å². The van der Waals surface area contributed by atoms with Crippen LogP contribution in [0.25, 0.3) is 0 Å². The molecule has 0 aromatic rings. The summed E-state index contributed by atoms with van der Waals surface area (Å²) < 4.78 is 15.6. The van der Waals surface area contributed by atoms with E-state index in [2.05, 4.69) is 13.2 Å². The lowest BCUT2D eigenvalue weighted by Gasteiger charge is -2.30. The molecule has 0 aliphatic carbocycles. The number of carbonyl (C=O) groups excluding carboxylic acids is 2. The van der Waals surface area contributed by atoms with Crippen LogP contribution >= 0.6 is 0 Å². The summed E-state index contributed by atoms with van der Waals surface area (Å²) >= 11 is 0. The van der Waals surface area contributed by atoms with Crippen molar-refractivity contribution < 1.29 is 23.8 Å². The van der Waals surface area contributed by atoms with Gasteiger partial charge in [-0.2, -0.15) is 0 Å². The summed E-state index contributed by atoms with van der Waals surface area (Å²) in [7, 11) is 0. The summed E-state index contributed by atoms with van der Waals surface area (Å²) in [6, 6.07) is 0. The Balaban J connectivity index is 2.62. The van der Waals surface area contributed by atoms with E-state index in [4.69, 9.17) is 14.2 Å². The Morgan fingerprint density at radius 1 is 1.06 bits per heavy atom. The van der Waals surface area contributed by atoms with Crippen LogP contribution in [0.15, 0.2) is 24.3 Å². The maximum absolute atomic E-state index is 11.5. The van der Waals surface area contributed by atoms with Crippen molar-refractivity contribution in [2.75, 3.05) is 13.2 Å². The average Bonchev–Trinajstić information content (AvgIpc) is 2.31. The van der Waals surface area contributed by atoms with Crippen LogP contribution < -0.4 is 0 Å². The van der Waals surface area contributed by atoms with Gasteiger partial charge in [-0.1, -0.05) is 13.2 Å². The highest BCUT2D eigenvalue weighted by atomic mass is 16.6. The van der Waals surface area contributed by atoms with Crippen molar-refractivity contribution in [3.8, 4) is 0 Å². The minimum Gasteiger partial charge on any atom is -0.455 e. The molecule has 1 rings (SSSR count). The molecule has 0 saturated carbocycles. The molecule has 5 nitrogen and oxygen atoms in total. The molecule has 0 amide bonds. The summed E-state index contributed by atoms with van der Waals surface area (Å²) in [5, 5.41) is 0. The van der Waals surface area contributed by atoms with E-state index in [-0.39, 0.29) is 6.61 Å². The first-order chi connectivity index (χ1) is 8.41. The molecule has 2 unspecified atom stereocenters. The van der Waals surface area contributed by atoms with Crippen LogP contribution in [-0.4, -0.2) is 37.4 Å². The minimum absolute atomic E-state index is 0.215. The lowest BCUT2D eigenvalue weighted by Crippen LogP contribution is -2.43. The van der Waals surface area contributed by atoms with Crippen LogP contribution in [0.5, 0.6) is 0 Å². The van der Waals surface area contributed by atoms with Gasteiger partial charge in [0.05, 0.1) is 13.2 Å². The van der Waals surface area contributed by atoms with Gasteiger partial charge in [0.1, 0.15) is 6.10 Å². The molecule has 0 radical (unpaired) electrons. The SMILES string of the molecule is C=C(C)C(=O)OC1CCOCC1OC(=O)C(=C)C. The highest BCUT2D eigenvalue weighted by molar-refractivity contribution is 5.88. The van der Waals surface area contributed by atoms with E-state index in [0.717, 1.165) is 0 Å². The van der Waals surface area contributed by atoms with Gasteiger partial charge < -0.3 is 14.2 Å². The van der Waals surface area contributed by atoms with Crippen LogP contribution in [0.4, 0.5) is 0 Å². The fourth-order valence-electron chi connectivity index (χ4n) is 1.41. The largest absolute Gasteiger partial charge is 0.455 e. The molecule has 1 saturated heterocycles. The summed E-state index contributed by atoms with van der Waals surface area (Å²) in [5.74, 6) is -1.000. The molecule has 18 heavy (non-hydrogen) atoms. The van der Waals surface area contributed by atoms with E-state index >= 15 is 0 Å². The van der Waals surface area contributed by atoms with Gasteiger partial charge in [0.2, 0.25) is 0 Å². The van der Waals surface area contributed by atoms with Gasteiger partial charge in [-0.15, -0.1) is 0 Å². The van der Waals surface area contributed by atoms with Gasteiger partial charge in [-0.3, -0.25) is 0 Å². The molecule has 0 bridgehead atoms. The molecule has 1 heterocycles. The predicted octanol–water partition coefficient (Wildman–Crippen LogP) is 1.38. The fraction of sp³-hybridized carbons (Fsp3) is 0.538. The zero-order chi connectivity index (χ0) is 13.7. The van der Waals surface area contributed by atoms with Gasteiger partial charge in [-0.05, 0) is 13.8 Å². The summed E-state index contributed by atoms with van der Waals surface area (Å²) in [4.78, 5) is 22.9. The number of ether oxygens (including phenoxy) is 3. The molecule has 0 N–H and O–H groups in total. The summed E-state index contributed by atoms with van der Waals surface area (Å²) in [6.45, 7) is 10.8. The average molecular weight is 254 g/mol. The van der Waals surface area contributed by atoms with Crippen molar-refractivity contribution in [3.05, 3.63) is 24.3 Å². The smallest absolute Gasteiger partial charge is 0.333 e. The maximum Gasteiger partial charge on any atom is 0.333 e. The van der Waals surface area contributed by atoms with Crippen LogP contribution in [0.2, 0.25) is 0 Å². The van der Waals surface area contributed by atoms with Crippen LogP contribution in [-0.2, 0) is 23.8 Å². The summed E-state index contributed by atoms with van der Waals surface area (Å²) in [5.41, 5.74) is 0.608. The number of hydrogen-bond acceptors (Lipinski definition) is 5. The minimum atomic E-state index is -0.591. The van der Waals surface area contributed by atoms with Gasteiger partial charge in [0, 0.05) is 17.6 Å². The topological polar surface area (TPSA) is 61.8 Å². The Kier molecular flexibility index (Phi) is 5.09. The third-order valence-electron chi connectivity index (χ3n) is 2.46. The Hall–Kier alpha value is -1.62. The van der Waals surface area contributed by atoms with Crippen LogP contribution in [0, 0.1) is 0 Å². The van der Waals surface area contributed by atoms with Gasteiger partial charge in [0.25, 0.3) is 0 Å². The highest BCUT2D eigenvalue weighted by Gasteiger charge is 2.32. The second-order valence-electron chi connectivity index (χ2n) is 4.31. The van der Waals surface area contributed by atoms with Gasteiger partial charge in [0.15, 0.2) is 6.10 Å². The molecule has 5 heteroatoms. The first kappa shape index (κ1) is 14.4. The number of carbonyl (C=O) groups is 2. The van der Waals surface area contributed by atoms with E-state index in [9.17, 15) is 9.59 Å². The fourth-order valence-corrected chi connectivity index (χ4v) is 1.41. The van der Waals surface area contributed by atoms with E-state index < -0.39 is 24.1 Å². The molecule has 0 spiro atoms. The second kappa shape index (κ2) is 6.35. The lowest BCUT2D eigenvalue weighted by atomic mass is 10.1. The first-order valence-electron chi connectivity index (χ1n) is 5.72. The Morgan fingerprint density at radius 3 is 2.06 bits per heavy atom. The van der Waals surface area contributed by atoms with Crippen molar-refractivity contribution >= 4 is 11.9 Å². The second-order valence-corrected chi connectivity index (χ2v) is 4.31. The van der Waals surface area contributed by atoms with Crippen LogP contribution in [0.1, 0.15) is 20.3 Å². The van der Waals surface area contributed by atoms with Gasteiger partial charge >= 0.3 is 11.9 Å². The van der Waals surface area contributed by atoms with E-state index in [1.165, 1.54) is 0 Å². The van der Waals surface area contributed by atoms with Crippen molar-refractivity contribution in [3.63, 3.8) is 0 Å². The normalized spacial score (nSPS) is 23.0. The zero-order valence-corrected chi connectivity index (χ0v) is 10.7. The predicted molar refractivity (Wildman–Crippen MR) is 64.8 cm³/mol. The molecule has 100 valence electrons. The van der Waals surface area contributed by atoms with Gasteiger partial charge in [-0.25, -0.2) is 9.59 Å². The van der Waals surface area contributed by atoms with Crippen molar-refractivity contribution in [1.82, 2.24) is 0 Å². The molecular formula is C13H18O5. The van der Waals surface area contributed by atoms with Crippen molar-refractivity contribution in [2.45, 2.75) is 32.5 Å². The standard InChI is InChI=1S/C13H18O5/c1-8(2)12(14)17-10-5-6-16-7-11(10)18-13(15)9(3)4/h10-11H,1,3,5-7H2,2,4H3. The number of hydrogen-bond donors (Lipinski definition) is 0.